The van der Waals surface area contributed by atoms with Crippen LogP contribution in [0.4, 0.5) is 0 Å². The van der Waals surface area contributed by atoms with E-state index in [-0.39, 0.29) is 0 Å². The Morgan fingerprint density at radius 2 is 1.68 bits per heavy atom. The number of benzene rings is 1. The maximum atomic E-state index is 5.93. The summed E-state index contributed by atoms with van der Waals surface area (Å²) >= 11 is 0. The minimum absolute atomic E-state index is 0.636. The predicted octanol–water partition coefficient (Wildman–Crippen LogP) is 3.27. The van der Waals surface area contributed by atoms with E-state index in [1.165, 1.54) is 0 Å². The number of hydrogen-bond acceptors (Lipinski definition) is 6. The van der Waals surface area contributed by atoms with Crippen LogP contribution >= 0.6 is 0 Å². The van der Waals surface area contributed by atoms with Crippen molar-refractivity contribution in [2.45, 2.75) is 40.5 Å². The molecule has 0 N–H and O–H groups in total. The number of aryl methyl sites for hydroxylation is 3. The van der Waals surface area contributed by atoms with Crippen LogP contribution in [0.1, 0.15) is 43.6 Å². The van der Waals surface area contributed by atoms with Crippen LogP contribution in [0, 0.1) is 13.8 Å². The van der Waals surface area contributed by atoms with Crippen LogP contribution in [0.3, 0.4) is 0 Å². The standard InChI is InChI=1S/C23H28N6O2/c1-6-10-30-20-9-8-17(14-21(20)31-11-7-2)13-18-16(4)26-29-22(18)24-25-23(29)19-12-15(3)28(5)27-19/h8-9,12-14H,6-7,10-11H2,1-5H3. The highest BCUT2D eigenvalue weighted by atomic mass is 16.5. The molecule has 31 heavy (non-hydrogen) atoms. The molecule has 8 nitrogen and oxygen atoms in total. The summed E-state index contributed by atoms with van der Waals surface area (Å²) in [6.45, 7) is 9.46. The van der Waals surface area contributed by atoms with Crippen molar-refractivity contribution in [3.63, 3.8) is 0 Å². The fraction of sp³-hybridized carbons (Fsp3) is 0.391. The molecule has 3 aromatic heterocycles. The van der Waals surface area contributed by atoms with E-state index < -0.39 is 0 Å². The van der Waals surface area contributed by atoms with Gasteiger partial charge in [-0.15, -0.1) is 10.2 Å². The van der Waals surface area contributed by atoms with Gasteiger partial charge in [0.25, 0.3) is 0 Å². The van der Waals surface area contributed by atoms with E-state index in [0.29, 0.717) is 24.7 Å². The lowest BCUT2D eigenvalue weighted by Crippen LogP contribution is -2.05. The van der Waals surface area contributed by atoms with Crippen molar-refractivity contribution in [3.05, 3.63) is 46.4 Å². The van der Waals surface area contributed by atoms with Crippen LogP contribution in [0.25, 0.3) is 23.2 Å². The van der Waals surface area contributed by atoms with Gasteiger partial charge in [0.05, 0.1) is 18.9 Å². The molecule has 3 heterocycles. The molecule has 4 aromatic rings. The summed E-state index contributed by atoms with van der Waals surface area (Å²) in [7, 11) is 1.91. The van der Waals surface area contributed by atoms with Crippen molar-refractivity contribution in [2.75, 3.05) is 13.2 Å². The maximum absolute atomic E-state index is 5.93. The highest BCUT2D eigenvalue weighted by Crippen LogP contribution is 2.29. The van der Waals surface area contributed by atoms with Gasteiger partial charge in [-0.05, 0) is 56.5 Å². The average Bonchev–Trinajstić information content (AvgIpc) is 3.40. The van der Waals surface area contributed by atoms with Gasteiger partial charge in [0, 0.05) is 18.0 Å². The lowest BCUT2D eigenvalue weighted by atomic mass is 10.1. The van der Waals surface area contributed by atoms with Crippen LogP contribution in [0.5, 0.6) is 11.5 Å². The van der Waals surface area contributed by atoms with E-state index in [4.69, 9.17) is 9.47 Å². The largest absolute Gasteiger partial charge is 0.490 e. The van der Waals surface area contributed by atoms with Crippen LogP contribution < -0.4 is 14.7 Å². The molecule has 4 rings (SSSR count). The molecule has 162 valence electrons. The van der Waals surface area contributed by atoms with E-state index in [9.17, 15) is 0 Å². The third-order valence-corrected chi connectivity index (χ3v) is 5.07. The van der Waals surface area contributed by atoms with Gasteiger partial charge in [0.1, 0.15) is 5.69 Å². The first-order valence-electron chi connectivity index (χ1n) is 10.7. The molecule has 0 radical (unpaired) electrons. The predicted molar refractivity (Wildman–Crippen MR) is 119 cm³/mol. The third-order valence-electron chi connectivity index (χ3n) is 5.07. The average molecular weight is 421 g/mol. The third kappa shape index (κ3) is 4.10. The minimum Gasteiger partial charge on any atom is -0.490 e. The first kappa shape index (κ1) is 20.8. The van der Waals surface area contributed by atoms with Crippen LogP contribution in [0.2, 0.25) is 0 Å². The summed E-state index contributed by atoms with van der Waals surface area (Å²) in [5, 5.41) is 18.8. The normalized spacial score (nSPS) is 12.1. The molecule has 0 spiro atoms. The van der Waals surface area contributed by atoms with Crippen molar-refractivity contribution in [1.29, 1.82) is 0 Å². The van der Waals surface area contributed by atoms with Crippen molar-refractivity contribution in [1.82, 2.24) is 29.6 Å². The molecule has 0 saturated heterocycles. The molecule has 0 fully saturated rings. The summed E-state index contributed by atoms with van der Waals surface area (Å²) in [5.74, 6) is 2.16. The second-order valence-corrected chi connectivity index (χ2v) is 7.60. The summed E-state index contributed by atoms with van der Waals surface area (Å²) in [5.41, 5.74) is 4.38. The van der Waals surface area contributed by atoms with Crippen molar-refractivity contribution in [3.8, 4) is 23.0 Å². The van der Waals surface area contributed by atoms with Gasteiger partial charge < -0.3 is 9.47 Å². The van der Waals surface area contributed by atoms with E-state index in [1.807, 2.05) is 49.8 Å². The zero-order chi connectivity index (χ0) is 22.0. The topological polar surface area (TPSA) is 79.4 Å². The Morgan fingerprint density at radius 1 is 0.935 bits per heavy atom. The van der Waals surface area contributed by atoms with E-state index in [0.717, 1.165) is 52.2 Å². The smallest absolute Gasteiger partial charge is 0.205 e. The van der Waals surface area contributed by atoms with Gasteiger partial charge in [-0.2, -0.15) is 14.7 Å². The molecule has 0 bridgehead atoms. The van der Waals surface area contributed by atoms with Gasteiger partial charge in [-0.1, -0.05) is 19.9 Å². The minimum atomic E-state index is 0.636. The van der Waals surface area contributed by atoms with Gasteiger partial charge in [-0.25, -0.2) is 0 Å². The van der Waals surface area contributed by atoms with Crippen molar-refractivity contribution >= 4 is 11.7 Å². The van der Waals surface area contributed by atoms with Gasteiger partial charge in [0.15, 0.2) is 17.1 Å². The quantitative estimate of drug-likeness (QED) is 0.435. The molecular formula is C23H28N6O2. The summed E-state index contributed by atoms with van der Waals surface area (Å²) in [4.78, 5) is 0. The molecule has 0 atom stereocenters. The molecule has 0 aliphatic heterocycles. The van der Waals surface area contributed by atoms with E-state index >= 15 is 0 Å². The number of rotatable bonds is 8. The monoisotopic (exact) mass is 420 g/mol. The van der Waals surface area contributed by atoms with Gasteiger partial charge in [0.2, 0.25) is 5.82 Å². The highest BCUT2D eigenvalue weighted by Gasteiger charge is 2.17. The Kier molecular flexibility index (Phi) is 5.88. The van der Waals surface area contributed by atoms with Crippen molar-refractivity contribution < 1.29 is 9.47 Å². The summed E-state index contributed by atoms with van der Waals surface area (Å²) in [6, 6.07) is 7.96. The zero-order valence-corrected chi connectivity index (χ0v) is 18.7. The summed E-state index contributed by atoms with van der Waals surface area (Å²) in [6.07, 6.45) is 3.94. The fourth-order valence-corrected chi connectivity index (χ4v) is 3.34. The second kappa shape index (κ2) is 8.75. The maximum Gasteiger partial charge on any atom is 0.205 e. The van der Waals surface area contributed by atoms with E-state index in [2.05, 4.69) is 40.3 Å². The first-order valence-corrected chi connectivity index (χ1v) is 10.7. The SMILES string of the molecule is CCCOc1ccc(C=c2c(C)nn3c(-c4cc(C)n(C)n4)nnc23)cc1OCCC. The van der Waals surface area contributed by atoms with Crippen LogP contribution in [-0.2, 0) is 7.05 Å². The van der Waals surface area contributed by atoms with Crippen LogP contribution in [-0.4, -0.2) is 42.8 Å². The Labute approximate surface area is 181 Å². The first-order chi connectivity index (χ1) is 15.0. The molecule has 8 heteroatoms. The molecular weight excluding hydrogens is 392 g/mol. The molecule has 0 aliphatic carbocycles. The second-order valence-electron chi connectivity index (χ2n) is 7.60. The molecule has 0 aliphatic rings. The number of ether oxygens (including phenoxy) is 2. The highest BCUT2D eigenvalue weighted by molar-refractivity contribution is 5.63. The number of fused-ring (bicyclic) bond motifs is 1. The Hall–Kier alpha value is -3.42. The Morgan fingerprint density at radius 3 is 2.35 bits per heavy atom. The lowest BCUT2D eigenvalue weighted by molar-refractivity contribution is 0.268. The molecule has 0 unspecified atom stereocenters. The molecule has 0 amide bonds. The molecule has 0 saturated carbocycles. The molecule has 1 aromatic carbocycles. The van der Waals surface area contributed by atoms with Crippen molar-refractivity contribution in [2.24, 2.45) is 7.05 Å². The number of nitrogens with zero attached hydrogens (tertiary/aromatic N) is 6. The number of aromatic nitrogens is 6. The lowest BCUT2D eigenvalue weighted by Gasteiger charge is -2.12. The van der Waals surface area contributed by atoms with Gasteiger partial charge >= 0.3 is 0 Å². The zero-order valence-electron chi connectivity index (χ0n) is 18.7. The van der Waals surface area contributed by atoms with Gasteiger partial charge in [-0.3, -0.25) is 4.68 Å². The Bertz CT molecular complexity index is 1240. The number of hydrogen-bond donors (Lipinski definition) is 0. The summed E-state index contributed by atoms with van der Waals surface area (Å²) < 4.78 is 15.4. The fourth-order valence-electron chi connectivity index (χ4n) is 3.34. The van der Waals surface area contributed by atoms with Crippen LogP contribution in [0.15, 0.2) is 24.3 Å². The Balaban J connectivity index is 1.76. The van der Waals surface area contributed by atoms with E-state index in [1.54, 1.807) is 4.52 Å².